The first-order valence-corrected chi connectivity index (χ1v) is 7.44. The molecular formula is C16H24N2O2. The fraction of sp³-hybridized carbons (Fsp3) is 0.562. The Morgan fingerprint density at radius 3 is 2.55 bits per heavy atom. The van der Waals surface area contributed by atoms with E-state index >= 15 is 0 Å². The molecule has 0 aliphatic heterocycles. The number of hydrogen-bond acceptors (Lipinski definition) is 3. The molecule has 1 aliphatic carbocycles. The van der Waals surface area contributed by atoms with Gasteiger partial charge in [0.1, 0.15) is 5.75 Å². The molecule has 1 aromatic carbocycles. The molecule has 2 rings (SSSR count). The summed E-state index contributed by atoms with van der Waals surface area (Å²) < 4.78 is 0. The van der Waals surface area contributed by atoms with Crippen molar-refractivity contribution in [3.8, 4) is 5.75 Å². The smallest absolute Gasteiger partial charge is 0.251 e. The number of rotatable bonds is 4. The second kappa shape index (κ2) is 6.75. The molecule has 3 N–H and O–H groups in total. The van der Waals surface area contributed by atoms with Crippen molar-refractivity contribution in [1.29, 1.82) is 0 Å². The number of phenolic OH excluding ortho intramolecular Hbond substituents is 1. The van der Waals surface area contributed by atoms with E-state index in [2.05, 4.69) is 17.6 Å². The second-order valence-corrected chi connectivity index (χ2v) is 5.53. The lowest BCUT2D eigenvalue weighted by molar-refractivity contribution is 0.0923. The minimum atomic E-state index is -0.0784. The van der Waals surface area contributed by atoms with Crippen molar-refractivity contribution in [3.63, 3.8) is 0 Å². The molecule has 0 atom stereocenters. The molecule has 0 bridgehead atoms. The van der Waals surface area contributed by atoms with E-state index in [-0.39, 0.29) is 17.7 Å². The summed E-state index contributed by atoms with van der Waals surface area (Å²) in [5.41, 5.74) is 1.21. The van der Waals surface area contributed by atoms with Gasteiger partial charge in [0.15, 0.2) is 0 Å². The monoisotopic (exact) mass is 276 g/mol. The first-order valence-electron chi connectivity index (χ1n) is 7.44. The molecular weight excluding hydrogens is 252 g/mol. The number of carbonyl (C=O) groups is 1. The summed E-state index contributed by atoms with van der Waals surface area (Å²) in [6, 6.07) is 5.91. The quantitative estimate of drug-likeness (QED) is 0.791. The van der Waals surface area contributed by atoms with Gasteiger partial charge < -0.3 is 15.7 Å². The van der Waals surface area contributed by atoms with Gasteiger partial charge in [-0.15, -0.1) is 0 Å². The molecule has 1 fully saturated rings. The normalized spacial score (nSPS) is 22.5. The van der Waals surface area contributed by atoms with Crippen LogP contribution in [-0.4, -0.2) is 29.6 Å². The third kappa shape index (κ3) is 3.51. The van der Waals surface area contributed by atoms with E-state index in [0.29, 0.717) is 17.2 Å². The Morgan fingerprint density at radius 2 is 1.90 bits per heavy atom. The summed E-state index contributed by atoms with van der Waals surface area (Å²) in [6.07, 6.45) is 4.25. The Bertz CT molecular complexity index is 466. The van der Waals surface area contributed by atoms with Crippen LogP contribution in [0.5, 0.6) is 5.75 Å². The number of amides is 1. The van der Waals surface area contributed by atoms with Gasteiger partial charge in [0.2, 0.25) is 0 Å². The number of benzene rings is 1. The van der Waals surface area contributed by atoms with Gasteiger partial charge in [-0.2, -0.15) is 0 Å². The van der Waals surface area contributed by atoms with Gasteiger partial charge >= 0.3 is 0 Å². The third-order valence-corrected chi connectivity index (χ3v) is 4.11. The molecule has 0 radical (unpaired) electrons. The summed E-state index contributed by atoms with van der Waals surface area (Å²) in [4.78, 5) is 12.3. The zero-order valence-corrected chi connectivity index (χ0v) is 12.3. The molecule has 4 heteroatoms. The van der Waals surface area contributed by atoms with Crippen LogP contribution in [-0.2, 0) is 0 Å². The Hall–Kier alpha value is -1.55. The minimum Gasteiger partial charge on any atom is -0.508 e. The maximum absolute atomic E-state index is 12.3. The summed E-state index contributed by atoms with van der Waals surface area (Å²) in [7, 11) is 0. The predicted molar refractivity (Wildman–Crippen MR) is 80.0 cm³/mol. The summed E-state index contributed by atoms with van der Waals surface area (Å²) >= 11 is 0. The fourth-order valence-corrected chi connectivity index (χ4v) is 2.86. The van der Waals surface area contributed by atoms with Crippen LogP contribution < -0.4 is 10.6 Å². The number of aromatic hydroxyl groups is 1. The van der Waals surface area contributed by atoms with Gasteiger partial charge in [-0.05, 0) is 51.3 Å². The lowest BCUT2D eigenvalue weighted by Gasteiger charge is -2.29. The lowest BCUT2D eigenvalue weighted by Crippen LogP contribution is -2.42. The average molecular weight is 276 g/mol. The van der Waals surface area contributed by atoms with Crippen LogP contribution >= 0.6 is 0 Å². The Kier molecular flexibility index (Phi) is 5.01. The molecule has 1 amide bonds. The minimum absolute atomic E-state index is 0.0784. The van der Waals surface area contributed by atoms with Crippen LogP contribution in [0, 0.1) is 6.92 Å². The van der Waals surface area contributed by atoms with E-state index in [0.717, 1.165) is 32.2 Å². The third-order valence-electron chi connectivity index (χ3n) is 4.11. The van der Waals surface area contributed by atoms with Crippen LogP contribution in [0.3, 0.4) is 0 Å². The Labute approximate surface area is 120 Å². The van der Waals surface area contributed by atoms with Crippen molar-refractivity contribution in [2.24, 2.45) is 0 Å². The fourth-order valence-electron chi connectivity index (χ4n) is 2.86. The summed E-state index contributed by atoms with van der Waals surface area (Å²) in [5.74, 6) is 0.0961. The van der Waals surface area contributed by atoms with Crippen LogP contribution in [0.4, 0.5) is 0 Å². The molecule has 0 spiro atoms. The molecule has 0 unspecified atom stereocenters. The number of hydrogen-bond donors (Lipinski definition) is 3. The number of nitrogens with one attached hydrogen (secondary N) is 2. The Morgan fingerprint density at radius 1 is 1.25 bits per heavy atom. The second-order valence-electron chi connectivity index (χ2n) is 5.53. The van der Waals surface area contributed by atoms with Crippen LogP contribution in [0.1, 0.15) is 48.5 Å². The van der Waals surface area contributed by atoms with Gasteiger partial charge in [0, 0.05) is 23.2 Å². The van der Waals surface area contributed by atoms with Gasteiger partial charge in [0.05, 0.1) is 0 Å². The van der Waals surface area contributed by atoms with Crippen molar-refractivity contribution in [3.05, 3.63) is 29.3 Å². The summed E-state index contributed by atoms with van der Waals surface area (Å²) in [5, 5.41) is 16.2. The van der Waals surface area contributed by atoms with Crippen molar-refractivity contribution >= 4 is 5.91 Å². The van der Waals surface area contributed by atoms with E-state index in [9.17, 15) is 9.90 Å². The van der Waals surface area contributed by atoms with Gasteiger partial charge in [0.25, 0.3) is 5.91 Å². The van der Waals surface area contributed by atoms with Crippen LogP contribution in [0.15, 0.2) is 18.2 Å². The van der Waals surface area contributed by atoms with Crippen LogP contribution in [0.2, 0.25) is 0 Å². The van der Waals surface area contributed by atoms with Crippen LogP contribution in [0.25, 0.3) is 0 Å². The number of phenols is 1. The van der Waals surface area contributed by atoms with Crippen molar-refractivity contribution in [2.75, 3.05) is 6.54 Å². The van der Waals surface area contributed by atoms with E-state index in [1.165, 1.54) is 0 Å². The Balaban J connectivity index is 1.91. The topological polar surface area (TPSA) is 61.4 Å². The highest BCUT2D eigenvalue weighted by Gasteiger charge is 2.22. The number of carbonyl (C=O) groups excluding carboxylic acids is 1. The van der Waals surface area contributed by atoms with E-state index in [1.807, 2.05) is 0 Å². The van der Waals surface area contributed by atoms with Crippen molar-refractivity contribution in [1.82, 2.24) is 10.6 Å². The maximum Gasteiger partial charge on any atom is 0.251 e. The largest absolute Gasteiger partial charge is 0.508 e. The van der Waals surface area contributed by atoms with E-state index < -0.39 is 0 Å². The molecule has 0 aromatic heterocycles. The zero-order valence-electron chi connectivity index (χ0n) is 12.3. The molecule has 1 aromatic rings. The maximum atomic E-state index is 12.3. The average Bonchev–Trinajstić information content (AvgIpc) is 2.44. The zero-order chi connectivity index (χ0) is 14.5. The summed E-state index contributed by atoms with van der Waals surface area (Å²) in [6.45, 7) is 4.90. The van der Waals surface area contributed by atoms with E-state index in [4.69, 9.17) is 0 Å². The first-order chi connectivity index (χ1) is 9.61. The van der Waals surface area contributed by atoms with E-state index in [1.54, 1.807) is 25.1 Å². The molecule has 0 saturated heterocycles. The van der Waals surface area contributed by atoms with Gasteiger partial charge in [-0.1, -0.05) is 13.0 Å². The van der Waals surface area contributed by atoms with Gasteiger partial charge in [-0.25, -0.2) is 0 Å². The molecule has 4 nitrogen and oxygen atoms in total. The van der Waals surface area contributed by atoms with Crippen molar-refractivity contribution in [2.45, 2.75) is 51.6 Å². The lowest BCUT2D eigenvalue weighted by atomic mass is 9.91. The first kappa shape index (κ1) is 14.9. The standard InChI is InChI=1S/C16H24N2O2/c1-3-17-12-7-9-13(10-8-12)18-16(20)14-5-4-6-15(19)11(14)2/h4-6,12-13,17,19H,3,7-10H2,1-2H3,(H,18,20). The predicted octanol–water partition coefficient (Wildman–Crippen LogP) is 2.35. The van der Waals surface area contributed by atoms with Gasteiger partial charge in [-0.3, -0.25) is 4.79 Å². The molecule has 1 saturated carbocycles. The molecule has 1 aliphatic rings. The molecule has 20 heavy (non-hydrogen) atoms. The molecule has 0 heterocycles. The van der Waals surface area contributed by atoms with Crippen molar-refractivity contribution < 1.29 is 9.90 Å². The molecule has 110 valence electrons. The highest BCUT2D eigenvalue weighted by Crippen LogP contribution is 2.22. The SMILES string of the molecule is CCNC1CCC(NC(=O)c2cccc(O)c2C)CC1. The highest BCUT2D eigenvalue weighted by molar-refractivity contribution is 5.96. The highest BCUT2D eigenvalue weighted by atomic mass is 16.3.